The van der Waals surface area contributed by atoms with Crippen LogP contribution in [0.3, 0.4) is 0 Å². The van der Waals surface area contributed by atoms with Crippen LogP contribution in [0.5, 0.6) is 11.5 Å². The van der Waals surface area contributed by atoms with Gasteiger partial charge in [-0.2, -0.15) is 0 Å². The third-order valence-electron chi connectivity index (χ3n) is 8.02. The number of aromatic hydroxyl groups is 2. The fourth-order valence-electron chi connectivity index (χ4n) is 5.85. The Labute approximate surface area is 192 Å². The lowest BCUT2D eigenvalue weighted by Crippen LogP contribution is -2.25. The molecule has 2 N–H and O–H groups in total. The minimum absolute atomic E-state index is 0.0656. The van der Waals surface area contributed by atoms with E-state index in [2.05, 4.69) is 39.8 Å². The van der Waals surface area contributed by atoms with Gasteiger partial charge in [0.15, 0.2) is 0 Å². The lowest BCUT2D eigenvalue weighted by Gasteiger charge is -2.35. The summed E-state index contributed by atoms with van der Waals surface area (Å²) in [4.78, 5) is 2.43. The standard InChI is InChI=1S/C28H38O2S/c1-19-15-23(29)21(27(3)11-7-5-8-12-27)17-25(19)31-26-18-22(24(30)16-20(26)2)28(4)13-9-6-10-14-28/h15-18,29-30H,5-14H2,1-4H3. The van der Waals surface area contributed by atoms with Crippen LogP contribution < -0.4 is 0 Å². The molecule has 0 spiro atoms. The molecule has 0 unspecified atom stereocenters. The average Bonchev–Trinajstić information content (AvgIpc) is 2.72. The number of hydrogen-bond donors (Lipinski definition) is 2. The van der Waals surface area contributed by atoms with Gasteiger partial charge in [-0.15, -0.1) is 0 Å². The van der Waals surface area contributed by atoms with E-state index in [-0.39, 0.29) is 10.8 Å². The molecule has 0 saturated heterocycles. The molecule has 0 heterocycles. The van der Waals surface area contributed by atoms with E-state index < -0.39 is 0 Å². The van der Waals surface area contributed by atoms with Gasteiger partial charge in [0.25, 0.3) is 0 Å². The normalized spacial score (nSPS) is 20.5. The second-order valence-electron chi connectivity index (χ2n) is 10.6. The molecule has 0 amide bonds. The minimum Gasteiger partial charge on any atom is -0.508 e. The van der Waals surface area contributed by atoms with Crippen LogP contribution in [-0.4, -0.2) is 10.2 Å². The highest BCUT2D eigenvalue weighted by Gasteiger charge is 2.33. The van der Waals surface area contributed by atoms with Gasteiger partial charge < -0.3 is 10.2 Å². The Morgan fingerprint density at radius 2 is 0.968 bits per heavy atom. The average molecular weight is 439 g/mol. The number of rotatable bonds is 4. The molecule has 4 rings (SSSR count). The summed E-state index contributed by atoms with van der Waals surface area (Å²) in [6, 6.07) is 8.40. The van der Waals surface area contributed by atoms with Crippen molar-refractivity contribution >= 4 is 11.8 Å². The Hall–Kier alpha value is -1.61. The highest BCUT2D eigenvalue weighted by atomic mass is 32.2. The highest BCUT2D eigenvalue weighted by molar-refractivity contribution is 7.99. The molecule has 168 valence electrons. The van der Waals surface area contributed by atoms with Gasteiger partial charge in [0, 0.05) is 20.9 Å². The van der Waals surface area contributed by atoms with Gasteiger partial charge in [-0.3, -0.25) is 0 Å². The van der Waals surface area contributed by atoms with E-state index in [4.69, 9.17) is 0 Å². The quantitative estimate of drug-likeness (QED) is 0.504. The van der Waals surface area contributed by atoms with E-state index in [9.17, 15) is 10.2 Å². The van der Waals surface area contributed by atoms with Crippen molar-refractivity contribution in [2.45, 2.75) is 113 Å². The summed E-state index contributed by atoms with van der Waals surface area (Å²) in [5.74, 6) is 0.896. The maximum Gasteiger partial charge on any atom is 0.119 e. The van der Waals surface area contributed by atoms with Crippen molar-refractivity contribution in [1.82, 2.24) is 0 Å². The molecule has 2 aromatic carbocycles. The lowest BCUT2D eigenvalue weighted by molar-refractivity contribution is 0.307. The van der Waals surface area contributed by atoms with Crippen molar-refractivity contribution in [3.63, 3.8) is 0 Å². The van der Waals surface area contributed by atoms with Crippen LogP contribution in [0, 0.1) is 13.8 Å². The number of phenolic OH excluding ortho intramolecular Hbond substituents is 2. The Morgan fingerprint density at radius 3 is 1.32 bits per heavy atom. The summed E-state index contributed by atoms with van der Waals surface area (Å²) >= 11 is 1.79. The van der Waals surface area contributed by atoms with Gasteiger partial charge in [0.05, 0.1) is 0 Å². The van der Waals surface area contributed by atoms with E-state index in [1.165, 1.54) is 48.3 Å². The molecule has 2 aromatic rings. The molecule has 2 aliphatic carbocycles. The molecular weight excluding hydrogens is 400 g/mol. The second-order valence-corrected chi connectivity index (χ2v) is 11.7. The minimum atomic E-state index is 0.0656. The summed E-state index contributed by atoms with van der Waals surface area (Å²) in [5, 5.41) is 21.6. The van der Waals surface area contributed by atoms with Gasteiger partial charge in [-0.25, -0.2) is 0 Å². The summed E-state index contributed by atoms with van der Waals surface area (Å²) in [6.07, 6.45) is 12.2. The topological polar surface area (TPSA) is 40.5 Å². The van der Waals surface area contributed by atoms with Crippen molar-refractivity contribution in [3.8, 4) is 11.5 Å². The Bertz CT molecular complexity index is 872. The maximum absolute atomic E-state index is 10.8. The van der Waals surface area contributed by atoms with E-state index in [0.29, 0.717) is 11.5 Å². The Kier molecular flexibility index (Phi) is 6.36. The smallest absolute Gasteiger partial charge is 0.119 e. The van der Waals surface area contributed by atoms with Crippen molar-refractivity contribution in [2.75, 3.05) is 0 Å². The zero-order valence-corrected chi connectivity index (χ0v) is 20.5. The van der Waals surface area contributed by atoms with Gasteiger partial charge in [0.1, 0.15) is 11.5 Å². The predicted octanol–water partition coefficient (Wildman–Crippen LogP) is 8.31. The molecule has 0 radical (unpaired) electrons. The van der Waals surface area contributed by atoms with Crippen LogP contribution in [0.4, 0.5) is 0 Å². The number of aryl methyl sites for hydroxylation is 2. The maximum atomic E-state index is 10.8. The molecule has 2 fully saturated rings. The van der Waals surface area contributed by atoms with E-state index in [0.717, 1.165) is 47.9 Å². The number of hydrogen-bond acceptors (Lipinski definition) is 3. The summed E-state index contributed by atoms with van der Waals surface area (Å²) < 4.78 is 0. The predicted molar refractivity (Wildman–Crippen MR) is 131 cm³/mol. The van der Waals surface area contributed by atoms with Gasteiger partial charge in [-0.05, 0) is 85.8 Å². The molecule has 0 atom stereocenters. The summed E-state index contributed by atoms with van der Waals surface area (Å²) in [7, 11) is 0. The van der Waals surface area contributed by atoms with Gasteiger partial charge in [-0.1, -0.05) is 64.1 Å². The van der Waals surface area contributed by atoms with Crippen molar-refractivity contribution in [2.24, 2.45) is 0 Å². The molecule has 0 bridgehead atoms. The first-order chi connectivity index (χ1) is 14.7. The lowest BCUT2D eigenvalue weighted by atomic mass is 9.70. The number of phenols is 2. The third-order valence-corrected chi connectivity index (χ3v) is 9.34. The Balaban J connectivity index is 1.71. The molecule has 0 aliphatic heterocycles. The first-order valence-electron chi connectivity index (χ1n) is 12.1. The molecule has 2 aliphatic rings. The second kappa shape index (κ2) is 8.73. The van der Waals surface area contributed by atoms with Crippen LogP contribution in [0.1, 0.15) is 100 Å². The molecule has 2 saturated carbocycles. The van der Waals surface area contributed by atoms with Crippen LogP contribution in [0.2, 0.25) is 0 Å². The van der Waals surface area contributed by atoms with Crippen molar-refractivity contribution in [3.05, 3.63) is 46.5 Å². The fourth-order valence-corrected chi connectivity index (χ4v) is 6.88. The Morgan fingerprint density at radius 1 is 0.613 bits per heavy atom. The van der Waals surface area contributed by atoms with Crippen molar-refractivity contribution < 1.29 is 10.2 Å². The SMILES string of the molecule is Cc1cc(O)c(C2(C)CCCCC2)cc1Sc1cc(C2(C)CCCCC2)c(O)cc1C. The van der Waals surface area contributed by atoms with E-state index >= 15 is 0 Å². The number of benzene rings is 2. The molecule has 31 heavy (non-hydrogen) atoms. The third kappa shape index (κ3) is 4.49. The van der Waals surface area contributed by atoms with Gasteiger partial charge in [0.2, 0.25) is 0 Å². The monoisotopic (exact) mass is 438 g/mol. The first kappa shape index (κ1) is 22.6. The molecule has 0 aromatic heterocycles. The summed E-state index contributed by atoms with van der Waals surface area (Å²) in [5.41, 5.74) is 4.58. The highest BCUT2D eigenvalue weighted by Crippen LogP contribution is 2.48. The molecule has 3 heteroatoms. The fraction of sp³-hybridized carbons (Fsp3) is 0.571. The van der Waals surface area contributed by atoms with Gasteiger partial charge >= 0.3 is 0 Å². The van der Waals surface area contributed by atoms with Crippen LogP contribution in [0.25, 0.3) is 0 Å². The van der Waals surface area contributed by atoms with E-state index in [1.54, 1.807) is 11.8 Å². The van der Waals surface area contributed by atoms with Crippen LogP contribution in [-0.2, 0) is 10.8 Å². The zero-order chi connectivity index (χ0) is 22.2. The first-order valence-corrected chi connectivity index (χ1v) is 12.9. The largest absolute Gasteiger partial charge is 0.508 e. The van der Waals surface area contributed by atoms with Crippen LogP contribution in [0.15, 0.2) is 34.1 Å². The zero-order valence-electron chi connectivity index (χ0n) is 19.7. The molecule has 2 nitrogen and oxygen atoms in total. The van der Waals surface area contributed by atoms with Crippen LogP contribution >= 0.6 is 11.8 Å². The van der Waals surface area contributed by atoms with Crippen molar-refractivity contribution in [1.29, 1.82) is 0 Å². The molecular formula is C28H38O2S. The van der Waals surface area contributed by atoms with E-state index in [1.807, 2.05) is 12.1 Å². The summed E-state index contributed by atoms with van der Waals surface area (Å²) in [6.45, 7) is 8.82.